The van der Waals surface area contributed by atoms with Crippen molar-refractivity contribution >= 4 is 69.0 Å². The summed E-state index contributed by atoms with van der Waals surface area (Å²) in [6.45, 7) is 1.28. The number of nitrogens with zero attached hydrogens (tertiary/aromatic N) is 2. The first-order valence-electron chi connectivity index (χ1n) is 10.3. The fourth-order valence-electron chi connectivity index (χ4n) is 3.06. The number of hydrogen-bond donors (Lipinski definition) is 0. The van der Waals surface area contributed by atoms with Crippen LogP contribution in [0.15, 0.2) is 41.3 Å². The highest BCUT2D eigenvalue weighted by Gasteiger charge is 2.36. The summed E-state index contributed by atoms with van der Waals surface area (Å²) in [7, 11) is 1.25. The van der Waals surface area contributed by atoms with Crippen molar-refractivity contribution < 1.29 is 38.3 Å². The molecule has 0 aliphatic carbocycles. The van der Waals surface area contributed by atoms with Crippen LogP contribution in [0.4, 0.5) is 10.5 Å². The standard InChI is InChI=1S/C23H19IN2O9S/c1-3-34-18-9-13(8-16(24)21(18)35-12-20(28)33-2)10-19-22(29)25(23(30)36-19)11-17(27)14-4-6-15(7-5-14)26(31)32/h4-10H,3,11-12H2,1-2H3/b19-10+. The molecule has 0 bridgehead atoms. The van der Waals surface area contributed by atoms with E-state index in [4.69, 9.17) is 9.47 Å². The molecule has 1 aliphatic rings. The molecule has 36 heavy (non-hydrogen) atoms. The highest BCUT2D eigenvalue weighted by Crippen LogP contribution is 2.37. The van der Waals surface area contributed by atoms with E-state index in [1.165, 1.54) is 37.5 Å². The average molecular weight is 626 g/mol. The van der Waals surface area contributed by atoms with Gasteiger partial charge in [0.2, 0.25) is 0 Å². The Bertz CT molecular complexity index is 1260. The van der Waals surface area contributed by atoms with Crippen LogP contribution in [0.1, 0.15) is 22.8 Å². The monoisotopic (exact) mass is 626 g/mol. The molecule has 1 heterocycles. The minimum absolute atomic E-state index is 0.109. The van der Waals surface area contributed by atoms with Gasteiger partial charge in [-0.25, -0.2) is 4.79 Å². The topological polar surface area (TPSA) is 142 Å². The number of benzene rings is 2. The van der Waals surface area contributed by atoms with Crippen molar-refractivity contribution in [2.75, 3.05) is 26.9 Å². The molecular formula is C23H19IN2O9S. The summed E-state index contributed by atoms with van der Waals surface area (Å²) < 4.78 is 16.3. The van der Waals surface area contributed by atoms with Crippen LogP contribution >= 0.6 is 34.4 Å². The molecule has 0 N–H and O–H groups in total. The van der Waals surface area contributed by atoms with Crippen LogP contribution in [0.2, 0.25) is 0 Å². The summed E-state index contributed by atoms with van der Waals surface area (Å²) in [5.74, 6) is -1.06. The van der Waals surface area contributed by atoms with E-state index in [2.05, 4.69) is 4.74 Å². The summed E-state index contributed by atoms with van der Waals surface area (Å²) in [6.07, 6.45) is 1.50. The summed E-state index contributed by atoms with van der Waals surface area (Å²) in [4.78, 5) is 60.4. The van der Waals surface area contributed by atoms with Crippen molar-refractivity contribution in [1.29, 1.82) is 0 Å². The Balaban J connectivity index is 1.79. The van der Waals surface area contributed by atoms with Gasteiger partial charge in [0.25, 0.3) is 16.8 Å². The number of Topliss-reactive ketones (excluding diaryl/α,β-unsaturated/α-hetero) is 1. The molecule has 0 radical (unpaired) electrons. The third kappa shape index (κ3) is 6.40. The SMILES string of the molecule is CCOc1cc(/C=C2/SC(=O)N(CC(=O)c3ccc([N+](=O)[O-])cc3)C2=O)cc(I)c1OCC(=O)OC. The number of methoxy groups -OCH3 is 1. The fraction of sp³-hybridized carbons (Fsp3) is 0.217. The van der Waals surface area contributed by atoms with Gasteiger partial charge in [-0.05, 0) is 77.2 Å². The molecule has 1 aliphatic heterocycles. The maximum atomic E-state index is 12.9. The Morgan fingerprint density at radius 2 is 1.86 bits per heavy atom. The number of halogens is 1. The fourth-order valence-corrected chi connectivity index (χ4v) is 4.68. The van der Waals surface area contributed by atoms with Gasteiger partial charge >= 0.3 is 5.97 Å². The summed E-state index contributed by atoms with van der Waals surface area (Å²) >= 11 is 2.68. The van der Waals surface area contributed by atoms with Crippen LogP contribution < -0.4 is 9.47 Å². The molecule has 1 saturated heterocycles. The van der Waals surface area contributed by atoms with Gasteiger partial charge < -0.3 is 14.2 Å². The van der Waals surface area contributed by atoms with E-state index in [9.17, 15) is 29.3 Å². The number of non-ortho nitro benzene ring substituents is 1. The molecule has 2 amide bonds. The highest BCUT2D eigenvalue weighted by atomic mass is 127. The zero-order valence-corrected chi connectivity index (χ0v) is 22.0. The molecule has 2 aromatic carbocycles. The van der Waals surface area contributed by atoms with Gasteiger partial charge in [0, 0.05) is 17.7 Å². The summed E-state index contributed by atoms with van der Waals surface area (Å²) in [6, 6.07) is 8.20. The van der Waals surface area contributed by atoms with E-state index >= 15 is 0 Å². The van der Waals surface area contributed by atoms with Crippen LogP contribution in [0.3, 0.4) is 0 Å². The van der Waals surface area contributed by atoms with E-state index in [-0.39, 0.29) is 22.8 Å². The van der Waals surface area contributed by atoms with Crippen LogP contribution in [0, 0.1) is 13.7 Å². The summed E-state index contributed by atoms with van der Waals surface area (Å²) in [5, 5.41) is 10.2. The number of ether oxygens (including phenoxy) is 3. The van der Waals surface area contributed by atoms with Crippen molar-refractivity contribution in [3.05, 3.63) is 66.1 Å². The lowest BCUT2D eigenvalue weighted by Gasteiger charge is -2.14. The first-order valence-corrected chi connectivity index (χ1v) is 12.2. The molecule has 1 fully saturated rings. The number of hydrogen-bond acceptors (Lipinski definition) is 10. The van der Waals surface area contributed by atoms with E-state index in [1.807, 2.05) is 22.6 Å². The number of carbonyl (C=O) groups excluding carboxylic acids is 4. The van der Waals surface area contributed by atoms with Gasteiger partial charge in [0.1, 0.15) is 0 Å². The van der Waals surface area contributed by atoms with Gasteiger partial charge in [-0.15, -0.1) is 0 Å². The number of nitro groups is 1. The zero-order chi connectivity index (χ0) is 26.4. The number of amides is 2. The van der Waals surface area contributed by atoms with Gasteiger partial charge in [-0.1, -0.05) is 0 Å². The smallest absolute Gasteiger partial charge is 0.343 e. The van der Waals surface area contributed by atoms with Crippen molar-refractivity contribution in [3.63, 3.8) is 0 Å². The lowest BCUT2D eigenvalue weighted by Crippen LogP contribution is -2.33. The molecule has 2 aromatic rings. The average Bonchev–Trinajstić information content (AvgIpc) is 3.10. The molecular weight excluding hydrogens is 607 g/mol. The molecule has 188 valence electrons. The number of thioether (sulfide) groups is 1. The van der Waals surface area contributed by atoms with E-state index in [0.717, 1.165) is 4.90 Å². The largest absolute Gasteiger partial charge is 0.490 e. The Hall–Kier alpha value is -3.46. The number of nitro benzene ring substituents is 1. The lowest BCUT2D eigenvalue weighted by molar-refractivity contribution is -0.384. The predicted molar refractivity (Wildman–Crippen MR) is 138 cm³/mol. The third-order valence-electron chi connectivity index (χ3n) is 4.77. The van der Waals surface area contributed by atoms with E-state index in [1.54, 1.807) is 19.1 Å². The molecule has 0 unspecified atom stereocenters. The second-order valence-corrected chi connectivity index (χ2v) is 9.28. The number of ketones is 1. The Morgan fingerprint density at radius 3 is 2.47 bits per heavy atom. The second-order valence-electron chi connectivity index (χ2n) is 7.12. The molecule has 0 saturated carbocycles. The molecule has 13 heteroatoms. The van der Waals surface area contributed by atoms with Crippen molar-refractivity contribution in [1.82, 2.24) is 4.90 Å². The minimum Gasteiger partial charge on any atom is -0.490 e. The second kappa shape index (κ2) is 12.0. The van der Waals surface area contributed by atoms with Crippen LogP contribution in [0.5, 0.6) is 11.5 Å². The summed E-state index contributed by atoms with van der Waals surface area (Å²) in [5.41, 5.74) is 0.506. The van der Waals surface area contributed by atoms with E-state index < -0.39 is 34.4 Å². The van der Waals surface area contributed by atoms with Gasteiger partial charge in [-0.3, -0.25) is 29.4 Å². The van der Waals surface area contributed by atoms with Crippen molar-refractivity contribution in [3.8, 4) is 11.5 Å². The number of carbonyl (C=O) groups is 4. The van der Waals surface area contributed by atoms with Crippen molar-refractivity contribution in [2.24, 2.45) is 0 Å². The molecule has 0 spiro atoms. The normalized spacial score (nSPS) is 14.2. The number of rotatable bonds is 10. The molecule has 0 aromatic heterocycles. The van der Waals surface area contributed by atoms with Crippen LogP contribution in [-0.2, 0) is 14.3 Å². The van der Waals surface area contributed by atoms with Gasteiger partial charge in [0.05, 0.1) is 33.7 Å². The van der Waals surface area contributed by atoms with Gasteiger partial charge in [0.15, 0.2) is 23.9 Å². The highest BCUT2D eigenvalue weighted by molar-refractivity contribution is 14.1. The van der Waals surface area contributed by atoms with Gasteiger partial charge in [-0.2, -0.15) is 0 Å². The van der Waals surface area contributed by atoms with Crippen molar-refractivity contribution in [2.45, 2.75) is 6.92 Å². The number of imide groups is 1. The molecule has 0 atom stereocenters. The quantitative estimate of drug-likeness (QED) is 0.0946. The number of esters is 1. The van der Waals surface area contributed by atoms with Crippen LogP contribution in [-0.4, -0.2) is 59.6 Å². The zero-order valence-electron chi connectivity index (χ0n) is 19.0. The van der Waals surface area contributed by atoms with E-state index in [0.29, 0.717) is 39.0 Å². The minimum atomic E-state index is -0.640. The Kier molecular flexibility index (Phi) is 9.03. The molecule has 3 rings (SSSR count). The molecule has 11 nitrogen and oxygen atoms in total. The third-order valence-corrected chi connectivity index (χ3v) is 6.48. The Labute approximate surface area is 223 Å². The lowest BCUT2D eigenvalue weighted by atomic mass is 10.1. The predicted octanol–water partition coefficient (Wildman–Crippen LogP) is 4.07. The maximum Gasteiger partial charge on any atom is 0.343 e. The first-order chi connectivity index (χ1) is 17.1. The van der Waals surface area contributed by atoms with Crippen LogP contribution in [0.25, 0.3) is 6.08 Å². The first kappa shape index (κ1) is 27.1. The maximum absolute atomic E-state index is 12.9. The Morgan fingerprint density at radius 1 is 1.17 bits per heavy atom.